The number of aliphatic imine (C=N–C) groups is 1. The van der Waals surface area contributed by atoms with Gasteiger partial charge in [0.2, 0.25) is 0 Å². The molecule has 0 bridgehead atoms. The third-order valence-electron chi connectivity index (χ3n) is 4.36. The molecule has 0 atom stereocenters. The molecule has 26 heavy (non-hydrogen) atoms. The van der Waals surface area contributed by atoms with Crippen molar-refractivity contribution in [1.29, 1.82) is 0 Å². The van der Waals surface area contributed by atoms with E-state index in [1.165, 1.54) is 37.1 Å². The molecular formula is C20H34N4O2. The van der Waals surface area contributed by atoms with E-state index in [9.17, 15) is 0 Å². The molecule has 2 N–H and O–H groups in total. The molecule has 0 spiro atoms. The van der Waals surface area contributed by atoms with Crippen molar-refractivity contribution < 1.29 is 9.47 Å². The maximum Gasteiger partial charge on any atom is 0.191 e. The van der Waals surface area contributed by atoms with E-state index in [-0.39, 0.29) is 0 Å². The molecule has 1 saturated heterocycles. The average molecular weight is 363 g/mol. The molecule has 146 valence electrons. The summed E-state index contributed by atoms with van der Waals surface area (Å²) in [7, 11) is 1.68. The summed E-state index contributed by atoms with van der Waals surface area (Å²) in [4.78, 5) is 7.18. The maximum absolute atomic E-state index is 5.46. The van der Waals surface area contributed by atoms with Gasteiger partial charge in [-0.3, -0.25) is 4.90 Å². The molecule has 0 aliphatic carbocycles. The number of ether oxygens (including phenoxy) is 2. The van der Waals surface area contributed by atoms with Crippen LogP contribution in [-0.2, 0) is 22.6 Å². The van der Waals surface area contributed by atoms with Crippen molar-refractivity contribution in [1.82, 2.24) is 15.5 Å². The van der Waals surface area contributed by atoms with Crippen molar-refractivity contribution in [2.75, 3.05) is 53.1 Å². The minimum atomic E-state index is 0.621. The van der Waals surface area contributed by atoms with E-state index >= 15 is 0 Å². The Kier molecular flexibility index (Phi) is 10.1. The van der Waals surface area contributed by atoms with Crippen LogP contribution in [0.3, 0.4) is 0 Å². The number of hydrogen-bond donors (Lipinski definition) is 2. The lowest BCUT2D eigenvalue weighted by Crippen LogP contribution is -2.39. The molecule has 2 rings (SSSR count). The lowest BCUT2D eigenvalue weighted by Gasteiger charge is -2.14. The van der Waals surface area contributed by atoms with Gasteiger partial charge >= 0.3 is 0 Å². The Morgan fingerprint density at radius 1 is 1.04 bits per heavy atom. The van der Waals surface area contributed by atoms with Crippen molar-refractivity contribution in [3.63, 3.8) is 0 Å². The van der Waals surface area contributed by atoms with Crippen LogP contribution in [0.5, 0.6) is 0 Å². The van der Waals surface area contributed by atoms with Crippen LogP contribution in [0.1, 0.15) is 30.9 Å². The summed E-state index contributed by atoms with van der Waals surface area (Å²) in [5, 5.41) is 6.56. The van der Waals surface area contributed by atoms with E-state index < -0.39 is 0 Å². The number of rotatable bonds is 11. The zero-order valence-electron chi connectivity index (χ0n) is 16.3. The molecule has 1 aliphatic heterocycles. The lowest BCUT2D eigenvalue weighted by atomic mass is 10.1. The first-order chi connectivity index (χ1) is 12.8. The molecule has 0 unspecified atom stereocenters. The fraction of sp³-hybridized carbons (Fsp3) is 0.650. The van der Waals surface area contributed by atoms with Gasteiger partial charge < -0.3 is 20.1 Å². The normalized spacial score (nSPS) is 15.4. The van der Waals surface area contributed by atoms with Gasteiger partial charge in [0.15, 0.2) is 5.96 Å². The highest BCUT2D eigenvalue weighted by atomic mass is 16.5. The SMILES string of the molecule is CCNC(=NCc1ccc(CN2CCCC2)cc1)NCCOCCOC. The Morgan fingerprint density at radius 3 is 2.46 bits per heavy atom. The molecule has 1 aliphatic rings. The van der Waals surface area contributed by atoms with Crippen molar-refractivity contribution >= 4 is 5.96 Å². The van der Waals surface area contributed by atoms with E-state index in [0.717, 1.165) is 25.6 Å². The van der Waals surface area contributed by atoms with Crippen LogP contribution in [0.15, 0.2) is 29.3 Å². The third-order valence-corrected chi connectivity index (χ3v) is 4.36. The quantitative estimate of drug-likeness (QED) is 0.358. The third kappa shape index (κ3) is 8.17. The Balaban J connectivity index is 1.74. The topological polar surface area (TPSA) is 58.1 Å². The highest BCUT2D eigenvalue weighted by molar-refractivity contribution is 5.79. The monoisotopic (exact) mass is 362 g/mol. The Labute approximate surface area is 158 Å². The largest absolute Gasteiger partial charge is 0.382 e. The standard InChI is InChI=1S/C20H34N4O2/c1-3-21-20(22-10-13-26-15-14-25-2)23-16-18-6-8-19(9-7-18)17-24-11-4-5-12-24/h6-9H,3-5,10-17H2,1-2H3,(H2,21,22,23). The Morgan fingerprint density at radius 2 is 1.77 bits per heavy atom. The summed E-state index contributed by atoms with van der Waals surface area (Å²) in [6.07, 6.45) is 2.68. The van der Waals surface area contributed by atoms with Crippen molar-refractivity contribution in [3.8, 4) is 0 Å². The number of methoxy groups -OCH3 is 1. The van der Waals surface area contributed by atoms with Crippen LogP contribution in [0.25, 0.3) is 0 Å². The summed E-state index contributed by atoms with van der Waals surface area (Å²) < 4.78 is 10.4. The summed E-state index contributed by atoms with van der Waals surface area (Å²) >= 11 is 0. The fourth-order valence-electron chi connectivity index (χ4n) is 2.95. The first-order valence-electron chi connectivity index (χ1n) is 9.71. The van der Waals surface area contributed by atoms with Gasteiger partial charge in [-0.2, -0.15) is 0 Å². The molecule has 6 heteroatoms. The highest BCUT2D eigenvalue weighted by Crippen LogP contribution is 2.13. The van der Waals surface area contributed by atoms with Crippen LogP contribution < -0.4 is 10.6 Å². The van der Waals surface area contributed by atoms with Crippen LogP contribution >= 0.6 is 0 Å². The summed E-state index contributed by atoms with van der Waals surface area (Å²) in [5.41, 5.74) is 2.61. The molecule has 0 saturated carbocycles. The van der Waals surface area contributed by atoms with Crippen LogP contribution in [0.2, 0.25) is 0 Å². The zero-order chi connectivity index (χ0) is 18.5. The Hall–Kier alpha value is -1.63. The molecule has 6 nitrogen and oxygen atoms in total. The van der Waals surface area contributed by atoms with Crippen molar-refractivity contribution in [2.45, 2.75) is 32.9 Å². The van der Waals surface area contributed by atoms with Gasteiger partial charge in [-0.25, -0.2) is 4.99 Å². The van der Waals surface area contributed by atoms with Crippen LogP contribution in [0, 0.1) is 0 Å². The smallest absolute Gasteiger partial charge is 0.191 e. The van der Waals surface area contributed by atoms with Gasteiger partial charge in [0.05, 0.1) is 26.4 Å². The molecular weight excluding hydrogens is 328 g/mol. The molecule has 0 amide bonds. The fourth-order valence-corrected chi connectivity index (χ4v) is 2.95. The van der Waals surface area contributed by atoms with Gasteiger partial charge in [0, 0.05) is 26.7 Å². The van der Waals surface area contributed by atoms with E-state index in [2.05, 4.69) is 51.7 Å². The summed E-state index contributed by atoms with van der Waals surface area (Å²) in [6.45, 7) is 9.73. The maximum atomic E-state index is 5.46. The first kappa shape index (κ1) is 20.7. The molecule has 1 heterocycles. The molecule has 0 aromatic heterocycles. The predicted molar refractivity (Wildman–Crippen MR) is 106 cm³/mol. The minimum absolute atomic E-state index is 0.621. The van der Waals surface area contributed by atoms with Gasteiger partial charge in [-0.1, -0.05) is 24.3 Å². The van der Waals surface area contributed by atoms with Gasteiger partial charge in [-0.15, -0.1) is 0 Å². The van der Waals surface area contributed by atoms with E-state index in [1.54, 1.807) is 7.11 Å². The first-order valence-corrected chi connectivity index (χ1v) is 9.71. The number of nitrogens with one attached hydrogen (secondary N) is 2. The lowest BCUT2D eigenvalue weighted by molar-refractivity contribution is 0.0733. The number of nitrogens with zero attached hydrogens (tertiary/aromatic N) is 2. The number of benzene rings is 1. The molecule has 1 fully saturated rings. The summed E-state index contributed by atoms with van der Waals surface area (Å²) in [5.74, 6) is 0.823. The second-order valence-corrected chi connectivity index (χ2v) is 6.53. The Bertz CT molecular complexity index is 513. The highest BCUT2D eigenvalue weighted by Gasteiger charge is 2.11. The molecule has 1 aromatic carbocycles. The van der Waals surface area contributed by atoms with E-state index in [4.69, 9.17) is 9.47 Å². The summed E-state index contributed by atoms with van der Waals surface area (Å²) in [6, 6.07) is 8.83. The second-order valence-electron chi connectivity index (χ2n) is 6.53. The number of likely N-dealkylation sites (tertiary alicyclic amines) is 1. The number of guanidine groups is 1. The van der Waals surface area contributed by atoms with E-state index in [0.29, 0.717) is 26.4 Å². The van der Waals surface area contributed by atoms with Crippen molar-refractivity contribution in [3.05, 3.63) is 35.4 Å². The second kappa shape index (κ2) is 12.7. The molecule has 1 aromatic rings. The number of hydrogen-bond acceptors (Lipinski definition) is 4. The predicted octanol–water partition coefficient (Wildman–Crippen LogP) is 2.00. The van der Waals surface area contributed by atoms with Crippen molar-refractivity contribution in [2.24, 2.45) is 4.99 Å². The van der Waals surface area contributed by atoms with Crippen LogP contribution in [-0.4, -0.2) is 64.0 Å². The van der Waals surface area contributed by atoms with E-state index in [1.807, 2.05) is 0 Å². The molecule has 0 radical (unpaired) electrons. The zero-order valence-corrected chi connectivity index (χ0v) is 16.3. The van der Waals surface area contributed by atoms with Gasteiger partial charge in [-0.05, 0) is 44.0 Å². The minimum Gasteiger partial charge on any atom is -0.382 e. The van der Waals surface area contributed by atoms with Gasteiger partial charge in [0.1, 0.15) is 0 Å². The van der Waals surface area contributed by atoms with Crippen LogP contribution in [0.4, 0.5) is 0 Å². The van der Waals surface area contributed by atoms with Gasteiger partial charge in [0.25, 0.3) is 0 Å². The average Bonchev–Trinajstić information content (AvgIpc) is 3.16.